The van der Waals surface area contributed by atoms with Crippen molar-refractivity contribution in [2.45, 2.75) is 123 Å². The van der Waals surface area contributed by atoms with Crippen LogP contribution in [0, 0.1) is 0 Å². The molecular weight excluding hydrogens is 1010 g/mol. The molecule has 1 aromatic rings. The van der Waals surface area contributed by atoms with E-state index < -0.39 is 222 Å². The highest BCUT2D eigenvalue weighted by molar-refractivity contribution is 6.00. The van der Waals surface area contributed by atoms with Gasteiger partial charge >= 0.3 is 11.9 Å². The number of carbonyl (C=O) groups excluding carboxylic acids is 6. The van der Waals surface area contributed by atoms with E-state index in [9.17, 15) is 100 Å². The smallest absolute Gasteiger partial charge is 0.325 e. The first-order valence-corrected chi connectivity index (χ1v) is 22.6. The number of methoxy groups -OCH3 is 2. The molecule has 0 aromatic heterocycles. The number of nitrogens with one attached hydrogen (secondary N) is 2. The van der Waals surface area contributed by atoms with E-state index in [2.05, 4.69) is 20.1 Å². The van der Waals surface area contributed by atoms with Crippen molar-refractivity contribution in [1.82, 2.24) is 20.4 Å². The molecule has 0 bridgehead atoms. The third-order valence-electron chi connectivity index (χ3n) is 12.4. The van der Waals surface area contributed by atoms with E-state index in [-0.39, 0.29) is 0 Å². The number of benzene rings is 1. The highest BCUT2D eigenvalue weighted by Gasteiger charge is 2.54. The molecule has 20 atom stereocenters. The number of hydrogen-bond donors (Lipinski definition) is 16. The zero-order valence-corrected chi connectivity index (χ0v) is 39.4. The van der Waals surface area contributed by atoms with Crippen LogP contribution >= 0.6 is 0 Å². The molecular formula is C42H62N4O28. The summed E-state index contributed by atoms with van der Waals surface area (Å²) in [5.41, 5.74) is -0.791. The summed E-state index contributed by atoms with van der Waals surface area (Å²) >= 11 is 0. The summed E-state index contributed by atoms with van der Waals surface area (Å²) in [6.07, 6.45) is -38.4. The fraction of sp³-hybridized carbons (Fsp3) is 0.714. The van der Waals surface area contributed by atoms with Crippen molar-refractivity contribution in [3.63, 3.8) is 0 Å². The van der Waals surface area contributed by atoms with E-state index in [4.69, 9.17) is 28.4 Å². The summed E-state index contributed by atoms with van der Waals surface area (Å²) in [5, 5.41) is 152. The number of rotatable bonds is 20. The summed E-state index contributed by atoms with van der Waals surface area (Å²) in [7, 11) is 2.04. The first-order chi connectivity index (χ1) is 35.1. The number of amides is 4. The molecule has 0 unspecified atom stereocenters. The number of carbonyl (C=O) groups is 6. The average Bonchev–Trinajstić information content (AvgIpc) is 3.40. The van der Waals surface area contributed by atoms with Crippen molar-refractivity contribution in [2.24, 2.45) is 0 Å². The molecule has 32 nitrogen and oxygen atoms in total. The Morgan fingerprint density at radius 3 is 1.08 bits per heavy atom. The van der Waals surface area contributed by atoms with E-state index >= 15 is 0 Å². The average molecular weight is 1070 g/mol. The maximum Gasteiger partial charge on any atom is 0.325 e. The van der Waals surface area contributed by atoms with E-state index in [0.29, 0.717) is 9.80 Å². The lowest BCUT2D eigenvalue weighted by molar-refractivity contribution is -0.347. The Morgan fingerprint density at radius 1 is 0.459 bits per heavy atom. The van der Waals surface area contributed by atoms with Gasteiger partial charge in [-0.2, -0.15) is 0 Å². The van der Waals surface area contributed by atoms with Crippen LogP contribution in [0.5, 0.6) is 0 Å². The molecule has 0 saturated carbocycles. The third-order valence-corrected chi connectivity index (χ3v) is 12.4. The van der Waals surface area contributed by atoms with E-state index in [1.165, 1.54) is 0 Å². The molecule has 74 heavy (non-hydrogen) atoms. The zero-order valence-electron chi connectivity index (χ0n) is 39.4. The molecule has 5 rings (SSSR count). The number of aliphatic hydroxyl groups excluding tert-OH is 14. The number of nitrogens with zero attached hydrogens (tertiary/aromatic N) is 2. The fourth-order valence-electron chi connectivity index (χ4n) is 8.20. The molecule has 1 aromatic carbocycles. The predicted octanol–water partition coefficient (Wildman–Crippen LogP) is -11.6. The molecule has 32 heteroatoms. The number of hydrogen-bond acceptors (Lipinski definition) is 28. The molecule has 418 valence electrons. The highest BCUT2D eigenvalue weighted by atomic mass is 16.7. The normalized spacial score (nSPS) is 36.2. The van der Waals surface area contributed by atoms with Gasteiger partial charge in [-0.05, 0) is 24.3 Å². The Labute approximate surface area is 418 Å². The lowest BCUT2D eigenvalue weighted by Gasteiger charge is -2.48. The molecule has 4 saturated heterocycles. The molecule has 4 aliphatic heterocycles. The zero-order chi connectivity index (χ0) is 54.9. The second kappa shape index (κ2) is 26.8. The van der Waals surface area contributed by atoms with Crippen LogP contribution in [0.1, 0.15) is 20.7 Å². The van der Waals surface area contributed by atoms with Crippen molar-refractivity contribution >= 4 is 35.6 Å². The van der Waals surface area contributed by atoms with E-state index in [1.54, 1.807) is 0 Å². The van der Waals surface area contributed by atoms with Crippen molar-refractivity contribution < 1.29 is 138 Å². The topological polar surface area (TPSA) is 490 Å². The monoisotopic (exact) mass is 1070 g/mol. The lowest BCUT2D eigenvalue weighted by atomic mass is 9.95. The first-order valence-electron chi connectivity index (χ1n) is 22.6. The second-order valence-corrected chi connectivity index (χ2v) is 17.2. The van der Waals surface area contributed by atoms with Crippen LogP contribution in [0.25, 0.3) is 0 Å². The van der Waals surface area contributed by atoms with Crippen LogP contribution in [0.3, 0.4) is 0 Å². The Balaban J connectivity index is 1.42. The molecule has 4 amide bonds. The van der Waals surface area contributed by atoms with Crippen LogP contribution in [-0.2, 0) is 57.1 Å². The summed E-state index contributed by atoms with van der Waals surface area (Å²) < 4.78 is 42.4. The summed E-state index contributed by atoms with van der Waals surface area (Å²) in [6, 6.07) is 3.94. The number of esters is 2. The van der Waals surface area contributed by atoms with Crippen molar-refractivity contribution in [3.8, 4) is 0 Å². The lowest BCUT2D eigenvalue weighted by Crippen LogP contribution is -2.67. The molecule has 4 heterocycles. The number of aliphatic hydroxyl groups is 14. The molecule has 0 spiro atoms. The number of ether oxygens (including phenoxy) is 8. The van der Waals surface area contributed by atoms with Gasteiger partial charge in [0.2, 0.25) is 11.8 Å². The van der Waals surface area contributed by atoms with Crippen LogP contribution in [0.2, 0.25) is 0 Å². The Kier molecular flexibility index (Phi) is 21.8. The fourth-order valence-corrected chi connectivity index (χ4v) is 8.20. The van der Waals surface area contributed by atoms with Gasteiger partial charge in [0.15, 0.2) is 25.0 Å². The van der Waals surface area contributed by atoms with E-state index in [0.717, 1.165) is 38.5 Å². The minimum Gasteiger partial charge on any atom is -0.468 e. The Hall–Kier alpha value is -4.76. The summed E-state index contributed by atoms with van der Waals surface area (Å²) in [6.45, 7) is -7.36. The van der Waals surface area contributed by atoms with Crippen molar-refractivity contribution in [1.29, 1.82) is 0 Å². The van der Waals surface area contributed by atoms with Crippen molar-refractivity contribution in [2.75, 3.05) is 66.8 Å². The summed E-state index contributed by atoms with van der Waals surface area (Å²) in [5.74, 6) is -6.36. The van der Waals surface area contributed by atoms with Gasteiger partial charge in [-0.1, -0.05) is 0 Å². The standard InChI is InChI=1S/C42H62N4O28/c1-67-23(53)7-43-21(51)9-45(39-31(61)29(59)35(19(13-49)69-39)73-41-33(63)27(57)25(55)17(11-47)71-41)37(65)15-3-5-16(6-4-15)38(66)46(10-22(52)44-8-24(54)68-2)40-32(62)30(60)36(20(14-50)70-40)74-42-34(64)28(58)26(56)18(12-48)72-42/h3-6,17-20,25-36,39-42,47-50,55-64H,7-14H2,1-2H3,(H,43,51)(H,44,52)/t17-,18-,19-,20-,25+,26+,27+,28+,29-,30-,31-,32-,33-,34-,35-,36-,39-,40-,41+,42+/m1/s1. The molecule has 0 radical (unpaired) electrons. The van der Waals surface area contributed by atoms with Crippen molar-refractivity contribution in [3.05, 3.63) is 35.4 Å². The van der Waals surface area contributed by atoms with Gasteiger partial charge in [-0.3, -0.25) is 28.8 Å². The first kappa shape index (κ1) is 60.1. The van der Waals surface area contributed by atoms with Crippen LogP contribution in [-0.4, -0.2) is 306 Å². The molecule has 0 aliphatic carbocycles. The molecule has 4 fully saturated rings. The van der Waals surface area contributed by atoms with Crippen LogP contribution in [0.15, 0.2) is 24.3 Å². The minimum atomic E-state index is -2.24. The minimum absolute atomic E-state index is 0.395. The van der Waals surface area contributed by atoms with E-state index in [1.807, 2.05) is 0 Å². The van der Waals surface area contributed by atoms with Crippen LogP contribution in [0.4, 0.5) is 0 Å². The van der Waals surface area contributed by atoms with Gasteiger partial charge in [0.25, 0.3) is 11.8 Å². The van der Waals surface area contributed by atoms with Gasteiger partial charge in [-0.25, -0.2) is 0 Å². The maximum atomic E-state index is 14.4. The van der Waals surface area contributed by atoms with Gasteiger partial charge in [0, 0.05) is 11.1 Å². The SMILES string of the molecule is COC(=O)CNC(=O)CN(C(=O)c1ccc(C(=O)N(CC(=O)NCC(=O)OC)[C@@H]2O[C@H](CO)[C@@H](O[C@@H]3O[C@H](CO)[C@H](O)[C@H](O)[C@H]3O)[C@H](O)[C@H]2O)cc1)[C@@H]1O[C@H](CO)[C@@H](O[C@@H]2O[C@H](CO)[C@H](O)[C@H](O)[C@H]2O)[C@H](O)[C@H]1O. The van der Waals surface area contributed by atoms with Crippen LogP contribution < -0.4 is 10.6 Å². The van der Waals surface area contributed by atoms with Gasteiger partial charge in [0.05, 0.1) is 40.6 Å². The van der Waals surface area contributed by atoms with Gasteiger partial charge < -0.3 is 130 Å². The molecule has 16 N–H and O–H groups in total. The quantitative estimate of drug-likeness (QED) is 0.0539. The Bertz CT molecular complexity index is 1910. The highest BCUT2D eigenvalue weighted by Crippen LogP contribution is 2.33. The maximum absolute atomic E-state index is 14.4. The predicted molar refractivity (Wildman–Crippen MR) is 231 cm³/mol. The third kappa shape index (κ3) is 13.6. The Morgan fingerprint density at radius 2 is 0.784 bits per heavy atom. The largest absolute Gasteiger partial charge is 0.468 e. The van der Waals surface area contributed by atoms with Gasteiger partial charge in [0.1, 0.15) is 124 Å². The second-order valence-electron chi connectivity index (χ2n) is 17.2. The molecule has 4 aliphatic rings. The summed E-state index contributed by atoms with van der Waals surface area (Å²) in [4.78, 5) is 79.8. The van der Waals surface area contributed by atoms with Gasteiger partial charge in [-0.15, -0.1) is 0 Å².